The van der Waals surface area contributed by atoms with Gasteiger partial charge in [-0.15, -0.1) is 0 Å². The van der Waals surface area contributed by atoms with E-state index in [2.05, 4.69) is 113 Å². The fourth-order valence-electron chi connectivity index (χ4n) is 5.73. The van der Waals surface area contributed by atoms with Gasteiger partial charge in [0, 0.05) is 51.5 Å². The number of aryl methyl sites for hydroxylation is 2. The van der Waals surface area contributed by atoms with Gasteiger partial charge in [0.05, 0.1) is 11.0 Å². The molecule has 198 valence electrons. The number of allylic oxidation sites excluding steroid dienone is 4. The summed E-state index contributed by atoms with van der Waals surface area (Å²) in [5.74, 6) is 13.6. The molecule has 2 heteroatoms. The van der Waals surface area contributed by atoms with Crippen LogP contribution in [0.15, 0.2) is 90.5 Å². The average Bonchev–Trinajstić information content (AvgIpc) is 3.49. The van der Waals surface area contributed by atoms with Gasteiger partial charge in [-0.2, -0.15) is 0 Å². The third kappa shape index (κ3) is 5.11. The second-order valence-electron chi connectivity index (χ2n) is 10.7. The molecule has 1 aliphatic rings. The average molecular weight is 521 g/mol. The highest BCUT2D eigenvalue weighted by Gasteiger charge is 2.20. The zero-order valence-corrected chi connectivity index (χ0v) is 23.6. The van der Waals surface area contributed by atoms with Crippen LogP contribution in [0.3, 0.4) is 0 Å². The Kier molecular flexibility index (Phi) is 7.61. The normalized spacial score (nSPS) is 12.8. The minimum atomic E-state index is 1.00. The molecule has 2 nitrogen and oxygen atoms in total. The summed E-state index contributed by atoms with van der Waals surface area (Å²) in [7, 11) is 0. The Balaban J connectivity index is 1.53. The summed E-state index contributed by atoms with van der Waals surface area (Å²) in [4.78, 5) is 0. The van der Waals surface area contributed by atoms with E-state index in [1.165, 1.54) is 38.4 Å². The molecule has 0 saturated heterocycles. The Morgan fingerprint density at radius 3 is 1.85 bits per heavy atom. The van der Waals surface area contributed by atoms with Gasteiger partial charge in [-0.05, 0) is 62.1 Å². The van der Waals surface area contributed by atoms with E-state index in [-0.39, 0.29) is 0 Å². The van der Waals surface area contributed by atoms with Crippen LogP contribution >= 0.6 is 0 Å². The molecule has 0 saturated carbocycles. The van der Waals surface area contributed by atoms with Crippen molar-refractivity contribution in [3.63, 3.8) is 0 Å². The van der Waals surface area contributed by atoms with Gasteiger partial charge in [0.1, 0.15) is 5.65 Å². The topological polar surface area (TPSA) is 9.86 Å². The van der Waals surface area contributed by atoms with Crippen molar-refractivity contribution in [2.45, 2.75) is 65.5 Å². The summed E-state index contributed by atoms with van der Waals surface area (Å²) < 4.78 is 5.12. The Morgan fingerprint density at radius 1 is 0.675 bits per heavy atom. The molecule has 0 N–H and O–H groups in total. The second-order valence-corrected chi connectivity index (χ2v) is 10.7. The number of hydrogen-bond donors (Lipinski definition) is 0. The number of hydrogen-bond acceptors (Lipinski definition) is 0. The second kappa shape index (κ2) is 11.8. The molecule has 6 rings (SSSR count). The molecule has 1 aliphatic carbocycles. The minimum absolute atomic E-state index is 1.00. The van der Waals surface area contributed by atoms with Gasteiger partial charge >= 0.3 is 0 Å². The predicted octanol–water partition coefficient (Wildman–Crippen LogP) is 9.38. The van der Waals surface area contributed by atoms with E-state index in [9.17, 15) is 0 Å². The fraction of sp³-hybridized carbons (Fsp3) is 0.263. The third-order valence-corrected chi connectivity index (χ3v) is 7.83. The van der Waals surface area contributed by atoms with E-state index in [0.29, 0.717) is 0 Å². The maximum Gasteiger partial charge on any atom is 0.122 e. The van der Waals surface area contributed by atoms with Crippen molar-refractivity contribution in [3.05, 3.63) is 107 Å². The van der Waals surface area contributed by atoms with Crippen molar-refractivity contribution >= 4 is 32.8 Å². The van der Waals surface area contributed by atoms with Gasteiger partial charge in [0.25, 0.3) is 0 Å². The van der Waals surface area contributed by atoms with Crippen molar-refractivity contribution < 1.29 is 0 Å². The Bertz CT molecular complexity index is 1870. The first-order chi connectivity index (χ1) is 19.8. The molecule has 3 aromatic carbocycles. The number of benzene rings is 3. The number of unbranched alkanes of at least 4 members (excludes halogenated alkanes) is 2. The van der Waals surface area contributed by atoms with E-state index >= 15 is 0 Å². The minimum Gasteiger partial charge on any atom is -0.327 e. The molecule has 0 atom stereocenters. The number of nitrogens with zero attached hydrogens (tertiary/aromatic N) is 2. The summed E-state index contributed by atoms with van der Waals surface area (Å²) in [6.45, 7) is 6.56. The first-order valence-electron chi connectivity index (χ1n) is 14.8. The monoisotopic (exact) mass is 520 g/mol. The lowest BCUT2D eigenvalue weighted by atomic mass is 10.0. The van der Waals surface area contributed by atoms with E-state index in [4.69, 9.17) is 0 Å². The molecule has 0 bridgehead atoms. The van der Waals surface area contributed by atoms with Crippen LogP contribution in [-0.2, 0) is 13.1 Å². The van der Waals surface area contributed by atoms with E-state index < -0.39 is 0 Å². The largest absolute Gasteiger partial charge is 0.327 e. The van der Waals surface area contributed by atoms with Crippen LogP contribution in [0, 0.1) is 23.7 Å². The van der Waals surface area contributed by atoms with Crippen LogP contribution in [0.4, 0.5) is 0 Å². The summed E-state index contributed by atoms with van der Waals surface area (Å²) in [5.41, 5.74) is 8.32. The van der Waals surface area contributed by atoms with Crippen molar-refractivity contribution in [2.24, 2.45) is 0 Å². The standard InChI is InChI=1S/C38H36N2/c1-3-5-25-39-35-27-31(19-17-29-13-9-7-10-14-29)21-23-33(35)37-34-24-22-32(20-18-30-15-11-8-12-16-30)28-36(34)40(38(37)39)26-6-4-2/h7-11,13-15,21-24,27-28H,3-6,12,16,25-26H2,1-2H3. The van der Waals surface area contributed by atoms with Gasteiger partial charge in [0.15, 0.2) is 0 Å². The smallest absolute Gasteiger partial charge is 0.122 e. The van der Waals surface area contributed by atoms with Crippen LogP contribution in [0.5, 0.6) is 0 Å². The first kappa shape index (κ1) is 25.9. The van der Waals surface area contributed by atoms with Crippen LogP contribution in [0.2, 0.25) is 0 Å². The molecule has 0 aliphatic heterocycles. The highest BCUT2D eigenvalue weighted by molar-refractivity contribution is 6.21. The lowest BCUT2D eigenvalue weighted by molar-refractivity contribution is 0.622. The first-order valence-corrected chi connectivity index (χ1v) is 14.8. The number of fused-ring (bicyclic) bond motifs is 5. The maximum absolute atomic E-state index is 3.46. The van der Waals surface area contributed by atoms with Gasteiger partial charge in [-0.1, -0.05) is 98.9 Å². The number of aromatic nitrogens is 2. The zero-order chi connectivity index (χ0) is 27.3. The van der Waals surface area contributed by atoms with Gasteiger partial charge in [-0.25, -0.2) is 0 Å². The molecule has 0 spiro atoms. The van der Waals surface area contributed by atoms with Gasteiger partial charge < -0.3 is 9.13 Å². The molecule has 0 amide bonds. The van der Waals surface area contributed by atoms with Crippen molar-refractivity contribution in [1.82, 2.24) is 9.13 Å². The SMILES string of the molecule is CCCCn1c2cc(C#CC3=CC=CCC3)ccc2c2c3ccc(C#Cc4ccccc4)cc3n(CCCC)c21. The molecule has 2 heterocycles. The molecule has 0 fully saturated rings. The Hall–Kier alpha value is -4.40. The quantitative estimate of drug-likeness (QED) is 0.197. The van der Waals surface area contributed by atoms with Crippen LogP contribution in [-0.4, -0.2) is 9.13 Å². The fourth-order valence-corrected chi connectivity index (χ4v) is 5.73. The predicted molar refractivity (Wildman–Crippen MR) is 171 cm³/mol. The summed E-state index contributed by atoms with van der Waals surface area (Å²) in [6.07, 6.45) is 13.2. The molecule has 40 heavy (non-hydrogen) atoms. The van der Waals surface area contributed by atoms with E-state index in [1.54, 1.807) is 0 Å². The van der Waals surface area contributed by atoms with Crippen LogP contribution < -0.4 is 0 Å². The summed E-state index contributed by atoms with van der Waals surface area (Å²) in [5, 5.41) is 3.99. The molecule has 5 aromatic rings. The highest BCUT2D eigenvalue weighted by atomic mass is 15.1. The summed E-state index contributed by atoms with van der Waals surface area (Å²) in [6, 6.07) is 23.8. The van der Waals surface area contributed by atoms with Crippen molar-refractivity contribution in [2.75, 3.05) is 0 Å². The molecular formula is C38H36N2. The maximum atomic E-state index is 3.46. The highest BCUT2D eigenvalue weighted by Crippen LogP contribution is 2.38. The van der Waals surface area contributed by atoms with Gasteiger partial charge in [-0.3, -0.25) is 0 Å². The van der Waals surface area contributed by atoms with E-state index in [0.717, 1.165) is 68.3 Å². The van der Waals surface area contributed by atoms with Crippen molar-refractivity contribution in [3.8, 4) is 23.7 Å². The third-order valence-electron chi connectivity index (χ3n) is 7.83. The van der Waals surface area contributed by atoms with Crippen LogP contribution in [0.25, 0.3) is 32.8 Å². The lowest BCUT2D eigenvalue weighted by Gasteiger charge is -2.12. The number of rotatable bonds is 6. The summed E-state index contributed by atoms with van der Waals surface area (Å²) >= 11 is 0. The van der Waals surface area contributed by atoms with Crippen LogP contribution in [0.1, 0.15) is 69.1 Å². The zero-order valence-electron chi connectivity index (χ0n) is 23.6. The lowest BCUT2D eigenvalue weighted by Crippen LogP contribution is -2.05. The molecule has 2 aromatic heterocycles. The molecular weight excluding hydrogens is 484 g/mol. The molecule has 0 unspecified atom stereocenters. The van der Waals surface area contributed by atoms with E-state index in [1.807, 2.05) is 18.2 Å². The molecule has 0 radical (unpaired) electrons. The van der Waals surface area contributed by atoms with Crippen molar-refractivity contribution in [1.29, 1.82) is 0 Å². The van der Waals surface area contributed by atoms with Gasteiger partial charge in [0.2, 0.25) is 0 Å². The Morgan fingerprint density at radius 2 is 1.27 bits per heavy atom. The Labute approximate surface area is 238 Å².